The van der Waals surface area contributed by atoms with Gasteiger partial charge in [-0.1, -0.05) is 44.2 Å². The van der Waals surface area contributed by atoms with E-state index in [0.29, 0.717) is 18.8 Å². The van der Waals surface area contributed by atoms with Gasteiger partial charge in [0.1, 0.15) is 18.1 Å². The maximum atomic E-state index is 10.4. The van der Waals surface area contributed by atoms with Crippen LogP contribution in [0.15, 0.2) is 30.3 Å². The predicted molar refractivity (Wildman–Crippen MR) is 126 cm³/mol. The highest BCUT2D eigenvalue weighted by molar-refractivity contribution is 5.74. The third kappa shape index (κ3) is 19.6. The lowest BCUT2D eigenvalue weighted by atomic mass is 10.1. The van der Waals surface area contributed by atoms with Crippen LogP contribution in [0.25, 0.3) is 0 Å². The minimum atomic E-state index is -0.968. The fourth-order valence-electron chi connectivity index (χ4n) is 2.46. The van der Waals surface area contributed by atoms with Gasteiger partial charge in [0.05, 0.1) is 6.54 Å². The Labute approximate surface area is 199 Å². The second-order valence-corrected chi connectivity index (χ2v) is 7.79. The van der Waals surface area contributed by atoms with Gasteiger partial charge in [-0.3, -0.25) is 19.2 Å². The quantitative estimate of drug-likeness (QED) is 0.241. The van der Waals surface area contributed by atoms with Crippen molar-refractivity contribution in [2.24, 2.45) is 23.1 Å². The number of hydrogen-bond acceptors (Lipinski definition) is 8. The summed E-state index contributed by atoms with van der Waals surface area (Å²) in [6, 6.07) is 7.59. The molecule has 0 aromatic heterocycles. The first-order chi connectivity index (χ1) is 15.8. The number of hydrogen-bond donors (Lipinski definition) is 8. The molecule has 2 rings (SSSR count). The van der Waals surface area contributed by atoms with Crippen molar-refractivity contribution >= 4 is 23.9 Å². The molecular weight excluding hydrogens is 448 g/mol. The van der Waals surface area contributed by atoms with Crippen molar-refractivity contribution in [2.45, 2.75) is 57.7 Å². The number of aliphatic carboxylic acids is 4. The maximum absolute atomic E-state index is 10.4. The van der Waals surface area contributed by atoms with Gasteiger partial charge in [-0.05, 0) is 43.7 Å². The molecule has 1 aliphatic rings. The molecule has 3 atom stereocenters. The molecule has 1 saturated heterocycles. The Bertz CT molecular complexity index is 725. The number of carbonyl (C=O) groups is 4. The number of benzene rings is 1. The molecule has 194 valence electrons. The molecule has 0 aliphatic carbocycles. The molecule has 0 radical (unpaired) electrons. The lowest BCUT2D eigenvalue weighted by Crippen LogP contribution is -2.32. The second-order valence-electron chi connectivity index (χ2n) is 7.79. The van der Waals surface area contributed by atoms with Gasteiger partial charge >= 0.3 is 23.9 Å². The Balaban J connectivity index is 0. The van der Waals surface area contributed by atoms with Gasteiger partial charge < -0.3 is 42.9 Å². The van der Waals surface area contributed by atoms with Gasteiger partial charge in [0.15, 0.2) is 0 Å². The van der Waals surface area contributed by atoms with E-state index in [-0.39, 0.29) is 12.6 Å². The second kappa shape index (κ2) is 19.4. The van der Waals surface area contributed by atoms with E-state index in [2.05, 4.69) is 11.1 Å². The summed E-state index contributed by atoms with van der Waals surface area (Å²) in [4.78, 5) is 39.9. The fraction of sp³-hybridized carbons (Fsp3) is 0.545. The molecular formula is C22H38N4O8. The standard InChI is InChI=1S/C9H11NO2.C6H13NO2.C5H9NO2.C2H5NO2/c10-8(9(11)12)6-7-4-2-1-3-5-7;1-4(2)3-5(7)6(8)9;7-5(8)4-2-1-3-6-4;3-1-2(4)5/h1-5,8H,6,10H2,(H,11,12);4-5H,3,7H2,1-2H3,(H,8,9);4,6H,1-3H2,(H,7,8);1,3H2,(H,4,5)/t;;4-;/m..0./s1. The third-order valence-corrected chi connectivity index (χ3v) is 4.19. The highest BCUT2D eigenvalue weighted by Gasteiger charge is 2.20. The summed E-state index contributed by atoms with van der Waals surface area (Å²) in [5, 5.41) is 35.6. The number of nitrogens with two attached hydrogens (primary N) is 3. The fourth-order valence-corrected chi connectivity index (χ4v) is 2.46. The molecule has 0 saturated carbocycles. The molecule has 1 fully saturated rings. The van der Waals surface area contributed by atoms with Crippen molar-refractivity contribution in [3.8, 4) is 0 Å². The molecule has 1 aromatic rings. The molecule has 1 aliphatic heterocycles. The maximum Gasteiger partial charge on any atom is 0.320 e. The van der Waals surface area contributed by atoms with E-state index in [4.69, 9.17) is 31.9 Å². The van der Waals surface area contributed by atoms with Crippen LogP contribution >= 0.6 is 0 Å². The van der Waals surface area contributed by atoms with E-state index in [1.165, 1.54) is 0 Å². The molecule has 0 bridgehead atoms. The van der Waals surface area contributed by atoms with Crippen LogP contribution in [-0.4, -0.2) is 75.5 Å². The highest BCUT2D eigenvalue weighted by atomic mass is 16.4. The summed E-state index contributed by atoms with van der Waals surface area (Å²) in [6.45, 7) is 4.47. The normalized spacial score (nSPS) is 15.8. The summed E-state index contributed by atoms with van der Waals surface area (Å²) in [5.41, 5.74) is 16.1. The van der Waals surface area contributed by atoms with Gasteiger partial charge in [-0.15, -0.1) is 0 Å². The minimum absolute atomic E-state index is 0.269. The van der Waals surface area contributed by atoms with Crippen LogP contribution < -0.4 is 22.5 Å². The van der Waals surface area contributed by atoms with E-state index in [9.17, 15) is 19.2 Å². The molecule has 11 N–H and O–H groups in total. The van der Waals surface area contributed by atoms with E-state index < -0.39 is 36.0 Å². The molecule has 0 spiro atoms. The largest absolute Gasteiger partial charge is 0.480 e. The molecule has 1 heterocycles. The van der Waals surface area contributed by atoms with Crippen molar-refractivity contribution in [2.75, 3.05) is 13.1 Å². The number of carboxylic acid groups (broad SMARTS) is 4. The molecule has 12 nitrogen and oxygen atoms in total. The monoisotopic (exact) mass is 486 g/mol. The van der Waals surface area contributed by atoms with Crippen LogP contribution in [0.5, 0.6) is 0 Å². The Hall–Kier alpha value is -3.06. The van der Waals surface area contributed by atoms with Gasteiger partial charge in [-0.2, -0.15) is 0 Å². The predicted octanol–water partition coefficient (Wildman–Crippen LogP) is -0.0619. The minimum Gasteiger partial charge on any atom is -0.480 e. The van der Waals surface area contributed by atoms with E-state index >= 15 is 0 Å². The smallest absolute Gasteiger partial charge is 0.320 e. The molecule has 12 heteroatoms. The number of nitrogens with one attached hydrogen (secondary N) is 1. The third-order valence-electron chi connectivity index (χ3n) is 4.19. The Morgan fingerprint density at radius 2 is 1.47 bits per heavy atom. The van der Waals surface area contributed by atoms with Crippen LogP contribution in [0, 0.1) is 5.92 Å². The van der Waals surface area contributed by atoms with E-state index in [0.717, 1.165) is 24.9 Å². The molecule has 34 heavy (non-hydrogen) atoms. The first-order valence-corrected chi connectivity index (χ1v) is 10.7. The van der Waals surface area contributed by atoms with Crippen molar-refractivity contribution < 1.29 is 39.6 Å². The number of rotatable bonds is 8. The molecule has 1 aromatic carbocycles. The molecule has 2 unspecified atom stereocenters. The highest BCUT2D eigenvalue weighted by Crippen LogP contribution is 2.04. The van der Waals surface area contributed by atoms with Gasteiger partial charge in [0.25, 0.3) is 0 Å². The van der Waals surface area contributed by atoms with Gasteiger partial charge in [-0.25, -0.2) is 0 Å². The summed E-state index contributed by atoms with van der Waals surface area (Å²) >= 11 is 0. The van der Waals surface area contributed by atoms with Crippen molar-refractivity contribution in [1.29, 1.82) is 0 Å². The topological polar surface area (TPSA) is 239 Å². The Morgan fingerprint density at radius 3 is 1.74 bits per heavy atom. The van der Waals surface area contributed by atoms with Crippen LogP contribution in [0.1, 0.15) is 38.7 Å². The van der Waals surface area contributed by atoms with Crippen molar-refractivity contribution in [3.63, 3.8) is 0 Å². The Kier molecular flexibility index (Phi) is 18.9. The first-order valence-electron chi connectivity index (χ1n) is 10.7. The summed E-state index contributed by atoms with van der Waals surface area (Å²) in [6.07, 6.45) is 2.72. The number of carboxylic acids is 4. The zero-order valence-corrected chi connectivity index (χ0v) is 19.6. The van der Waals surface area contributed by atoms with Gasteiger partial charge in [0, 0.05) is 0 Å². The van der Waals surface area contributed by atoms with Crippen LogP contribution in [0.3, 0.4) is 0 Å². The van der Waals surface area contributed by atoms with Crippen molar-refractivity contribution in [1.82, 2.24) is 5.32 Å². The summed E-state index contributed by atoms with van der Waals surface area (Å²) in [5.74, 6) is -3.20. The van der Waals surface area contributed by atoms with Crippen molar-refractivity contribution in [3.05, 3.63) is 35.9 Å². The van der Waals surface area contributed by atoms with Crippen LogP contribution in [0.4, 0.5) is 0 Å². The average Bonchev–Trinajstić information content (AvgIpc) is 3.30. The molecule has 0 amide bonds. The lowest BCUT2D eigenvalue weighted by Gasteiger charge is -2.07. The van der Waals surface area contributed by atoms with Gasteiger partial charge in [0.2, 0.25) is 0 Å². The zero-order chi connectivity index (χ0) is 26.7. The zero-order valence-electron chi connectivity index (χ0n) is 19.6. The average molecular weight is 487 g/mol. The SMILES string of the molecule is CC(C)CC(N)C(=O)O.NC(Cc1ccccc1)C(=O)O.NCC(=O)O.O=C(O)[C@@H]1CCCN1. The van der Waals surface area contributed by atoms with Crippen LogP contribution in [0.2, 0.25) is 0 Å². The first kappa shape index (κ1) is 33.1. The van der Waals surface area contributed by atoms with E-state index in [1.54, 1.807) is 0 Å². The summed E-state index contributed by atoms with van der Waals surface area (Å²) < 4.78 is 0. The van der Waals surface area contributed by atoms with E-state index in [1.807, 2.05) is 44.2 Å². The lowest BCUT2D eigenvalue weighted by molar-refractivity contribution is -0.139. The summed E-state index contributed by atoms with van der Waals surface area (Å²) in [7, 11) is 0. The Morgan fingerprint density at radius 1 is 0.971 bits per heavy atom. The van der Waals surface area contributed by atoms with Crippen LogP contribution in [-0.2, 0) is 25.6 Å².